The SMILES string of the molecule is CNC[C@H]1[C@H](O)[C@H]2[C@@H](C)[C@@](O)([C@@H](OC)[C@@H](C)O)C[C@H]2C([C@H](C[C@H](C)O)OC)[C@@H](CCOC)[C@H]1OC. The van der Waals surface area contributed by atoms with E-state index < -0.39 is 30.0 Å². The molecule has 208 valence electrons. The minimum absolute atomic E-state index is 0.0475. The van der Waals surface area contributed by atoms with Gasteiger partial charge in [0.15, 0.2) is 0 Å². The van der Waals surface area contributed by atoms with Gasteiger partial charge in [0.2, 0.25) is 0 Å². The van der Waals surface area contributed by atoms with Gasteiger partial charge in [-0.05, 0) is 69.7 Å². The molecule has 0 aromatic heterocycles. The van der Waals surface area contributed by atoms with Gasteiger partial charge in [-0.25, -0.2) is 0 Å². The number of ether oxygens (including phenoxy) is 4. The zero-order valence-electron chi connectivity index (χ0n) is 22.9. The van der Waals surface area contributed by atoms with Crippen LogP contribution in [0.25, 0.3) is 0 Å². The van der Waals surface area contributed by atoms with E-state index in [0.717, 1.165) is 0 Å². The normalized spacial score (nSPS) is 41.1. The van der Waals surface area contributed by atoms with Crippen molar-refractivity contribution >= 4 is 0 Å². The molecular weight excluding hydrogens is 454 g/mol. The van der Waals surface area contributed by atoms with Crippen LogP contribution >= 0.6 is 0 Å². The number of methoxy groups -OCH3 is 4. The fourth-order valence-electron chi connectivity index (χ4n) is 7.60. The summed E-state index contributed by atoms with van der Waals surface area (Å²) in [7, 11) is 8.37. The molecule has 0 heterocycles. The molecule has 0 amide bonds. The van der Waals surface area contributed by atoms with Gasteiger partial charge in [-0.15, -0.1) is 0 Å². The van der Waals surface area contributed by atoms with Crippen molar-refractivity contribution in [3.8, 4) is 0 Å². The van der Waals surface area contributed by atoms with Crippen LogP contribution in [0.2, 0.25) is 0 Å². The Hall–Kier alpha value is -0.360. The van der Waals surface area contributed by atoms with Gasteiger partial charge in [0.25, 0.3) is 0 Å². The number of aliphatic hydroxyl groups is 4. The molecule has 2 fully saturated rings. The van der Waals surface area contributed by atoms with Crippen LogP contribution in [0.4, 0.5) is 0 Å². The Balaban J connectivity index is 2.71. The first-order valence-corrected chi connectivity index (χ1v) is 13.0. The number of nitrogens with one attached hydrogen (secondary N) is 1. The smallest absolute Gasteiger partial charge is 0.112 e. The second-order valence-corrected chi connectivity index (χ2v) is 10.9. The van der Waals surface area contributed by atoms with Crippen molar-refractivity contribution in [2.75, 3.05) is 48.6 Å². The van der Waals surface area contributed by atoms with Crippen LogP contribution < -0.4 is 5.32 Å². The van der Waals surface area contributed by atoms with Crippen molar-refractivity contribution in [2.24, 2.45) is 35.5 Å². The number of rotatable bonds is 13. The van der Waals surface area contributed by atoms with E-state index in [1.807, 2.05) is 14.0 Å². The molecule has 9 nitrogen and oxygen atoms in total. The topological polar surface area (TPSA) is 130 Å². The van der Waals surface area contributed by atoms with Gasteiger partial charge in [-0.2, -0.15) is 0 Å². The summed E-state index contributed by atoms with van der Waals surface area (Å²) in [4.78, 5) is 0. The van der Waals surface area contributed by atoms with E-state index in [1.165, 1.54) is 7.11 Å². The Morgan fingerprint density at radius 1 is 1.06 bits per heavy atom. The molecule has 0 aliphatic heterocycles. The van der Waals surface area contributed by atoms with E-state index in [0.29, 0.717) is 32.4 Å². The molecule has 0 aromatic rings. The molecule has 0 saturated heterocycles. The first kappa shape index (κ1) is 30.9. The summed E-state index contributed by atoms with van der Waals surface area (Å²) in [6.45, 7) is 6.38. The molecular formula is C26H51NO8. The highest BCUT2D eigenvalue weighted by molar-refractivity contribution is 5.13. The monoisotopic (exact) mass is 505 g/mol. The van der Waals surface area contributed by atoms with Gasteiger partial charge in [0.05, 0.1) is 36.1 Å². The van der Waals surface area contributed by atoms with Crippen molar-refractivity contribution in [3.63, 3.8) is 0 Å². The molecule has 0 spiro atoms. The lowest BCUT2D eigenvalue weighted by Gasteiger charge is -2.42. The predicted octanol–water partition coefficient (Wildman–Crippen LogP) is 0.665. The van der Waals surface area contributed by atoms with E-state index in [2.05, 4.69) is 5.32 Å². The van der Waals surface area contributed by atoms with Crippen molar-refractivity contribution in [1.29, 1.82) is 0 Å². The van der Waals surface area contributed by atoms with Crippen molar-refractivity contribution < 1.29 is 39.4 Å². The lowest BCUT2D eigenvalue weighted by Crippen LogP contribution is -2.54. The van der Waals surface area contributed by atoms with E-state index in [9.17, 15) is 20.4 Å². The molecule has 35 heavy (non-hydrogen) atoms. The first-order valence-electron chi connectivity index (χ1n) is 13.0. The van der Waals surface area contributed by atoms with E-state index in [4.69, 9.17) is 18.9 Å². The Morgan fingerprint density at radius 2 is 1.71 bits per heavy atom. The molecule has 1 unspecified atom stereocenters. The third kappa shape index (κ3) is 6.21. The second-order valence-electron chi connectivity index (χ2n) is 10.9. The standard InChI is InChI=1S/C26H51NO8/c1-14(28)11-20(33-6)22-17(9-10-32-5)24(34-7)19(13-27-4)23(30)21-15(2)26(31,12-18(21)22)25(35-8)16(3)29/h14-25,27-31H,9-13H2,1-8H3/t14-,15+,16+,17+,18+,19-,20-,21-,22?,23-,24+,25-,26+/m0/s1. The Kier molecular flexibility index (Phi) is 11.9. The van der Waals surface area contributed by atoms with Crippen molar-refractivity contribution in [3.05, 3.63) is 0 Å². The molecule has 2 rings (SSSR count). The maximum Gasteiger partial charge on any atom is 0.112 e. The molecule has 2 aliphatic rings. The highest BCUT2D eigenvalue weighted by Gasteiger charge is 2.64. The molecule has 0 bridgehead atoms. The van der Waals surface area contributed by atoms with Crippen LogP contribution in [0, 0.1) is 35.5 Å². The zero-order valence-corrected chi connectivity index (χ0v) is 22.9. The Labute approximate surface area is 211 Å². The fraction of sp³-hybridized carbons (Fsp3) is 1.00. The number of hydrogen-bond donors (Lipinski definition) is 5. The van der Waals surface area contributed by atoms with Gasteiger partial charge >= 0.3 is 0 Å². The van der Waals surface area contributed by atoms with Crippen LogP contribution in [0.15, 0.2) is 0 Å². The minimum atomic E-state index is -1.34. The van der Waals surface area contributed by atoms with Gasteiger partial charge < -0.3 is 44.7 Å². The molecule has 0 aromatic carbocycles. The Morgan fingerprint density at radius 3 is 2.17 bits per heavy atom. The quantitative estimate of drug-likeness (QED) is 0.245. The molecule has 13 atom stereocenters. The average Bonchev–Trinajstić information content (AvgIpc) is 3.01. The van der Waals surface area contributed by atoms with Crippen LogP contribution in [-0.2, 0) is 18.9 Å². The number of fused-ring (bicyclic) bond motifs is 1. The van der Waals surface area contributed by atoms with Gasteiger partial charge in [-0.1, -0.05) is 6.92 Å². The summed E-state index contributed by atoms with van der Waals surface area (Å²) >= 11 is 0. The lowest BCUT2D eigenvalue weighted by molar-refractivity contribution is -0.163. The summed E-state index contributed by atoms with van der Waals surface area (Å²) in [5.41, 5.74) is -1.34. The minimum Gasteiger partial charge on any atom is -0.393 e. The summed E-state index contributed by atoms with van der Waals surface area (Å²) in [5.74, 6) is -1.19. The maximum atomic E-state index is 12.0. The largest absolute Gasteiger partial charge is 0.393 e. The Bertz CT molecular complexity index is 622. The van der Waals surface area contributed by atoms with Crippen LogP contribution in [0.5, 0.6) is 0 Å². The zero-order chi connectivity index (χ0) is 26.5. The maximum absolute atomic E-state index is 12.0. The summed E-state index contributed by atoms with van der Waals surface area (Å²) in [5, 5.41) is 48.0. The summed E-state index contributed by atoms with van der Waals surface area (Å²) < 4.78 is 23.2. The highest BCUT2D eigenvalue weighted by Crippen LogP contribution is 2.58. The molecule has 5 N–H and O–H groups in total. The van der Waals surface area contributed by atoms with E-state index in [1.54, 1.807) is 35.2 Å². The summed E-state index contributed by atoms with van der Waals surface area (Å²) in [6, 6.07) is 0. The summed E-state index contributed by atoms with van der Waals surface area (Å²) in [6.07, 6.45) is -2.15. The van der Waals surface area contributed by atoms with Gasteiger partial charge in [0, 0.05) is 47.5 Å². The fourth-order valence-corrected chi connectivity index (χ4v) is 7.60. The number of hydrogen-bond acceptors (Lipinski definition) is 9. The third-order valence-electron chi connectivity index (χ3n) is 8.95. The average molecular weight is 506 g/mol. The van der Waals surface area contributed by atoms with E-state index in [-0.39, 0.29) is 47.7 Å². The third-order valence-corrected chi connectivity index (χ3v) is 8.95. The lowest BCUT2D eigenvalue weighted by atomic mass is 9.70. The van der Waals surface area contributed by atoms with Crippen LogP contribution in [0.3, 0.4) is 0 Å². The molecule has 2 aliphatic carbocycles. The predicted molar refractivity (Wildman–Crippen MR) is 133 cm³/mol. The van der Waals surface area contributed by atoms with Gasteiger partial charge in [-0.3, -0.25) is 0 Å². The number of aliphatic hydroxyl groups excluding tert-OH is 3. The molecule has 9 heteroatoms. The van der Waals surface area contributed by atoms with Gasteiger partial charge in [0.1, 0.15) is 6.10 Å². The highest BCUT2D eigenvalue weighted by atomic mass is 16.5. The molecule has 2 saturated carbocycles. The van der Waals surface area contributed by atoms with Crippen LogP contribution in [0.1, 0.15) is 40.0 Å². The first-order chi connectivity index (χ1) is 16.5. The molecule has 0 radical (unpaired) electrons. The van der Waals surface area contributed by atoms with Crippen molar-refractivity contribution in [2.45, 2.75) is 82.3 Å². The van der Waals surface area contributed by atoms with E-state index >= 15 is 0 Å². The van der Waals surface area contributed by atoms with Crippen LogP contribution in [-0.4, -0.2) is 111 Å². The second kappa shape index (κ2) is 13.4. The van der Waals surface area contributed by atoms with Crippen molar-refractivity contribution in [1.82, 2.24) is 5.32 Å².